The average Bonchev–Trinajstić information content (AvgIpc) is 3.30. The number of methoxy groups -OCH3 is 1. The first kappa shape index (κ1) is 23.0. The fourth-order valence-electron chi connectivity index (χ4n) is 4.28. The van der Waals surface area contributed by atoms with Gasteiger partial charge in [-0.15, -0.1) is 15.3 Å². The molecule has 0 atom stereocenters. The topological polar surface area (TPSA) is 87.9 Å². The Morgan fingerprint density at radius 3 is 2.67 bits per heavy atom. The van der Waals surface area contributed by atoms with E-state index < -0.39 is 0 Å². The van der Waals surface area contributed by atoms with Crippen LogP contribution < -0.4 is 15.0 Å². The first-order valence-corrected chi connectivity index (χ1v) is 11.7. The van der Waals surface area contributed by atoms with E-state index in [9.17, 15) is 4.79 Å². The SMILES string of the molecule is CCN(CC)CCNC(=O)C1CCN(c2ccc3nnc(-c4cccc(OC)c4)n3n2)CC1. The quantitative estimate of drug-likeness (QED) is 0.535. The molecule has 0 radical (unpaired) electrons. The lowest BCUT2D eigenvalue weighted by molar-refractivity contribution is -0.125. The first-order chi connectivity index (χ1) is 16.1. The lowest BCUT2D eigenvalue weighted by Gasteiger charge is -2.32. The van der Waals surface area contributed by atoms with E-state index in [1.807, 2.05) is 36.4 Å². The number of carbonyl (C=O) groups excluding carboxylic acids is 1. The van der Waals surface area contributed by atoms with Gasteiger partial charge in [0.25, 0.3) is 0 Å². The summed E-state index contributed by atoms with van der Waals surface area (Å²) in [6, 6.07) is 11.6. The second-order valence-corrected chi connectivity index (χ2v) is 8.30. The molecule has 9 nitrogen and oxygen atoms in total. The summed E-state index contributed by atoms with van der Waals surface area (Å²) in [5.74, 6) is 2.53. The smallest absolute Gasteiger partial charge is 0.223 e. The largest absolute Gasteiger partial charge is 0.497 e. The van der Waals surface area contributed by atoms with Crippen molar-refractivity contribution >= 4 is 17.4 Å². The number of benzene rings is 1. The minimum atomic E-state index is 0.0592. The predicted molar refractivity (Wildman–Crippen MR) is 129 cm³/mol. The van der Waals surface area contributed by atoms with Crippen molar-refractivity contribution in [1.82, 2.24) is 30.0 Å². The number of hydrogen-bond acceptors (Lipinski definition) is 7. The Labute approximate surface area is 194 Å². The number of ether oxygens (including phenoxy) is 1. The zero-order valence-corrected chi connectivity index (χ0v) is 19.7. The monoisotopic (exact) mass is 451 g/mol. The highest BCUT2D eigenvalue weighted by molar-refractivity contribution is 5.79. The molecule has 1 saturated heterocycles. The maximum atomic E-state index is 12.6. The summed E-state index contributed by atoms with van der Waals surface area (Å²) in [7, 11) is 1.65. The summed E-state index contributed by atoms with van der Waals surface area (Å²) >= 11 is 0. The number of carbonyl (C=O) groups is 1. The Balaban J connectivity index is 1.40. The van der Waals surface area contributed by atoms with Gasteiger partial charge in [-0.25, -0.2) is 0 Å². The molecule has 33 heavy (non-hydrogen) atoms. The van der Waals surface area contributed by atoms with E-state index >= 15 is 0 Å². The molecule has 0 bridgehead atoms. The molecule has 1 N–H and O–H groups in total. The Hall–Kier alpha value is -3.20. The highest BCUT2D eigenvalue weighted by Crippen LogP contribution is 2.25. The number of likely N-dealkylation sites (N-methyl/N-ethyl adjacent to an activating group) is 1. The lowest BCUT2D eigenvalue weighted by atomic mass is 9.96. The Kier molecular flexibility index (Phi) is 7.39. The lowest BCUT2D eigenvalue weighted by Crippen LogP contribution is -2.43. The first-order valence-electron chi connectivity index (χ1n) is 11.7. The minimum Gasteiger partial charge on any atom is -0.497 e. The minimum absolute atomic E-state index is 0.0592. The van der Waals surface area contributed by atoms with Crippen molar-refractivity contribution in [3.05, 3.63) is 36.4 Å². The van der Waals surface area contributed by atoms with E-state index in [-0.39, 0.29) is 11.8 Å². The van der Waals surface area contributed by atoms with Crippen molar-refractivity contribution in [2.24, 2.45) is 5.92 Å². The van der Waals surface area contributed by atoms with Crippen LogP contribution in [0.5, 0.6) is 5.75 Å². The molecule has 176 valence electrons. The molecule has 1 aliphatic rings. The van der Waals surface area contributed by atoms with Gasteiger partial charge in [-0.2, -0.15) is 4.52 Å². The average molecular weight is 452 g/mol. The molecule has 4 rings (SSSR count). The van der Waals surface area contributed by atoms with Gasteiger partial charge >= 0.3 is 0 Å². The van der Waals surface area contributed by atoms with Gasteiger partial charge in [0.05, 0.1) is 7.11 Å². The number of hydrogen-bond donors (Lipinski definition) is 1. The number of aromatic nitrogens is 4. The fraction of sp³-hybridized carbons (Fsp3) is 0.500. The number of nitrogens with zero attached hydrogens (tertiary/aromatic N) is 6. The van der Waals surface area contributed by atoms with Crippen molar-refractivity contribution in [2.45, 2.75) is 26.7 Å². The van der Waals surface area contributed by atoms with E-state index in [4.69, 9.17) is 9.84 Å². The van der Waals surface area contributed by atoms with E-state index in [2.05, 4.69) is 39.2 Å². The number of amides is 1. The Morgan fingerprint density at radius 2 is 1.94 bits per heavy atom. The molecular formula is C24H33N7O2. The summed E-state index contributed by atoms with van der Waals surface area (Å²) in [4.78, 5) is 17.1. The number of piperidine rings is 1. The highest BCUT2D eigenvalue weighted by atomic mass is 16.5. The van der Waals surface area contributed by atoms with Gasteiger partial charge in [0.1, 0.15) is 11.6 Å². The number of rotatable bonds is 9. The standard InChI is InChI=1S/C24H33N7O2/c1-4-29(5-2)16-13-25-24(32)18-11-14-30(15-12-18)22-10-9-21-26-27-23(31(21)28-22)19-7-6-8-20(17-19)33-3/h6-10,17-18H,4-5,11-16H2,1-3H3,(H,25,32). The molecule has 1 aromatic carbocycles. The molecule has 0 unspecified atom stereocenters. The third kappa shape index (κ3) is 5.24. The van der Waals surface area contributed by atoms with Crippen LogP contribution in [-0.4, -0.2) is 77.0 Å². The normalized spacial score (nSPS) is 14.7. The van der Waals surface area contributed by atoms with E-state index in [1.165, 1.54) is 0 Å². The molecule has 2 aromatic heterocycles. The van der Waals surface area contributed by atoms with E-state index in [0.29, 0.717) is 18.0 Å². The second-order valence-electron chi connectivity index (χ2n) is 8.30. The van der Waals surface area contributed by atoms with Crippen LogP contribution in [0.1, 0.15) is 26.7 Å². The molecule has 0 saturated carbocycles. The summed E-state index contributed by atoms with van der Waals surface area (Å²) in [5, 5.41) is 16.5. The van der Waals surface area contributed by atoms with Crippen LogP contribution in [0, 0.1) is 5.92 Å². The Bertz CT molecular complexity index is 1070. The molecule has 1 fully saturated rings. The van der Waals surface area contributed by atoms with Crippen LogP contribution >= 0.6 is 0 Å². The summed E-state index contributed by atoms with van der Waals surface area (Å²) < 4.78 is 7.11. The second kappa shape index (κ2) is 10.6. The van der Waals surface area contributed by atoms with Gasteiger partial charge in [-0.3, -0.25) is 4.79 Å². The zero-order chi connectivity index (χ0) is 23.2. The molecule has 3 heterocycles. The van der Waals surface area contributed by atoms with Gasteiger partial charge in [0.2, 0.25) is 5.91 Å². The molecular weight excluding hydrogens is 418 g/mol. The third-order valence-corrected chi connectivity index (χ3v) is 6.39. The zero-order valence-electron chi connectivity index (χ0n) is 19.7. The van der Waals surface area contributed by atoms with Gasteiger partial charge < -0.3 is 19.9 Å². The van der Waals surface area contributed by atoms with Crippen LogP contribution in [0.25, 0.3) is 17.0 Å². The van der Waals surface area contributed by atoms with Crippen LogP contribution in [0.4, 0.5) is 5.82 Å². The van der Waals surface area contributed by atoms with Crippen molar-refractivity contribution in [1.29, 1.82) is 0 Å². The number of nitrogens with one attached hydrogen (secondary N) is 1. The number of fused-ring (bicyclic) bond motifs is 1. The van der Waals surface area contributed by atoms with Crippen molar-refractivity contribution in [2.75, 3.05) is 51.3 Å². The maximum Gasteiger partial charge on any atom is 0.223 e. The molecule has 0 spiro atoms. The van der Waals surface area contributed by atoms with Gasteiger partial charge in [-0.1, -0.05) is 26.0 Å². The highest BCUT2D eigenvalue weighted by Gasteiger charge is 2.26. The predicted octanol–water partition coefficient (Wildman–Crippen LogP) is 2.47. The fourth-order valence-corrected chi connectivity index (χ4v) is 4.28. The molecule has 1 amide bonds. The van der Waals surface area contributed by atoms with Crippen LogP contribution in [-0.2, 0) is 4.79 Å². The van der Waals surface area contributed by atoms with E-state index in [1.54, 1.807) is 11.6 Å². The summed E-state index contributed by atoms with van der Waals surface area (Å²) in [6.45, 7) is 9.50. The van der Waals surface area contributed by atoms with Gasteiger partial charge in [0, 0.05) is 37.7 Å². The van der Waals surface area contributed by atoms with Gasteiger partial charge in [-0.05, 0) is 50.2 Å². The van der Waals surface area contributed by atoms with Gasteiger partial charge in [0.15, 0.2) is 11.5 Å². The van der Waals surface area contributed by atoms with E-state index in [0.717, 1.165) is 62.7 Å². The van der Waals surface area contributed by atoms with Crippen molar-refractivity contribution in [3.8, 4) is 17.1 Å². The van der Waals surface area contributed by atoms with Crippen molar-refractivity contribution < 1.29 is 9.53 Å². The molecule has 0 aliphatic carbocycles. The molecule has 1 aliphatic heterocycles. The Morgan fingerprint density at radius 1 is 1.15 bits per heavy atom. The maximum absolute atomic E-state index is 12.6. The molecule has 3 aromatic rings. The summed E-state index contributed by atoms with van der Waals surface area (Å²) in [5.41, 5.74) is 1.59. The van der Waals surface area contributed by atoms with Crippen LogP contribution in [0.3, 0.4) is 0 Å². The summed E-state index contributed by atoms with van der Waals surface area (Å²) in [6.07, 6.45) is 1.64. The third-order valence-electron chi connectivity index (χ3n) is 6.39. The van der Waals surface area contributed by atoms with Crippen LogP contribution in [0.2, 0.25) is 0 Å². The van der Waals surface area contributed by atoms with Crippen LogP contribution in [0.15, 0.2) is 36.4 Å². The number of anilines is 1. The van der Waals surface area contributed by atoms with Crippen molar-refractivity contribution in [3.63, 3.8) is 0 Å². The molecule has 9 heteroatoms.